The van der Waals surface area contributed by atoms with E-state index in [1.54, 1.807) is 6.20 Å². The molecule has 1 atom stereocenters. The van der Waals surface area contributed by atoms with Crippen LogP contribution in [-0.2, 0) is 0 Å². The summed E-state index contributed by atoms with van der Waals surface area (Å²) in [7, 11) is 0. The molecule has 78 valence electrons. The molecule has 2 nitrogen and oxygen atoms in total. The maximum Gasteiger partial charge on any atom is 0.0648 e. The molecule has 0 saturated carbocycles. The molecule has 1 heterocycles. The van der Waals surface area contributed by atoms with Gasteiger partial charge >= 0.3 is 0 Å². The SMILES string of the molecule is CCC(C)c1cccc(-n2cccn2)c1. The van der Waals surface area contributed by atoms with Gasteiger partial charge in [-0.2, -0.15) is 5.10 Å². The molecule has 2 heteroatoms. The summed E-state index contributed by atoms with van der Waals surface area (Å²) >= 11 is 0. The van der Waals surface area contributed by atoms with E-state index in [2.05, 4.69) is 43.2 Å². The first-order valence-corrected chi connectivity index (χ1v) is 5.41. The Morgan fingerprint density at radius 1 is 1.33 bits per heavy atom. The Kier molecular flexibility index (Phi) is 2.86. The first-order chi connectivity index (χ1) is 7.31. The van der Waals surface area contributed by atoms with Gasteiger partial charge in [0, 0.05) is 12.4 Å². The highest BCUT2D eigenvalue weighted by Crippen LogP contribution is 2.20. The second kappa shape index (κ2) is 4.30. The van der Waals surface area contributed by atoms with E-state index < -0.39 is 0 Å². The Hall–Kier alpha value is -1.57. The number of hydrogen-bond acceptors (Lipinski definition) is 1. The quantitative estimate of drug-likeness (QED) is 0.742. The number of nitrogens with zero attached hydrogens (tertiary/aromatic N) is 2. The van der Waals surface area contributed by atoms with Crippen molar-refractivity contribution in [1.29, 1.82) is 0 Å². The van der Waals surface area contributed by atoms with Crippen LogP contribution in [0.2, 0.25) is 0 Å². The monoisotopic (exact) mass is 200 g/mol. The predicted octanol–water partition coefficient (Wildman–Crippen LogP) is 3.39. The fourth-order valence-corrected chi connectivity index (χ4v) is 1.63. The van der Waals surface area contributed by atoms with Gasteiger partial charge in [-0.1, -0.05) is 26.0 Å². The van der Waals surface area contributed by atoms with E-state index in [-0.39, 0.29) is 0 Å². The summed E-state index contributed by atoms with van der Waals surface area (Å²) in [6, 6.07) is 10.5. The van der Waals surface area contributed by atoms with Crippen molar-refractivity contribution in [3.8, 4) is 5.69 Å². The predicted molar refractivity (Wildman–Crippen MR) is 62.3 cm³/mol. The van der Waals surface area contributed by atoms with Gasteiger partial charge < -0.3 is 0 Å². The number of hydrogen-bond donors (Lipinski definition) is 0. The van der Waals surface area contributed by atoms with Gasteiger partial charge in [0.25, 0.3) is 0 Å². The normalized spacial score (nSPS) is 12.7. The zero-order valence-corrected chi connectivity index (χ0v) is 9.22. The lowest BCUT2D eigenvalue weighted by Crippen LogP contribution is -1.97. The lowest BCUT2D eigenvalue weighted by molar-refractivity contribution is 0.731. The van der Waals surface area contributed by atoms with Gasteiger partial charge in [-0.3, -0.25) is 0 Å². The second-order valence-corrected chi connectivity index (χ2v) is 3.85. The minimum absolute atomic E-state index is 0.612. The fraction of sp³-hybridized carbons (Fsp3) is 0.308. The average Bonchev–Trinajstić information content (AvgIpc) is 2.82. The molecule has 2 aromatic rings. The van der Waals surface area contributed by atoms with Crippen LogP contribution < -0.4 is 0 Å². The van der Waals surface area contributed by atoms with Gasteiger partial charge in [0.2, 0.25) is 0 Å². The van der Waals surface area contributed by atoms with Crippen LogP contribution >= 0.6 is 0 Å². The average molecular weight is 200 g/mol. The van der Waals surface area contributed by atoms with E-state index >= 15 is 0 Å². The summed E-state index contributed by atoms with van der Waals surface area (Å²) in [6.07, 6.45) is 4.94. The molecule has 2 rings (SSSR count). The molecule has 1 aromatic carbocycles. The Labute approximate surface area is 90.6 Å². The molecule has 1 unspecified atom stereocenters. The molecule has 0 saturated heterocycles. The third kappa shape index (κ3) is 2.09. The van der Waals surface area contributed by atoms with E-state index in [1.165, 1.54) is 12.0 Å². The zero-order chi connectivity index (χ0) is 10.7. The van der Waals surface area contributed by atoms with Crippen molar-refractivity contribution in [3.05, 3.63) is 48.3 Å². The van der Waals surface area contributed by atoms with Crippen molar-refractivity contribution in [2.45, 2.75) is 26.2 Å². The molecule has 15 heavy (non-hydrogen) atoms. The van der Waals surface area contributed by atoms with Crippen molar-refractivity contribution >= 4 is 0 Å². The summed E-state index contributed by atoms with van der Waals surface area (Å²) in [5.41, 5.74) is 2.52. The number of rotatable bonds is 3. The molecule has 0 spiro atoms. The van der Waals surface area contributed by atoms with Gasteiger partial charge in [-0.15, -0.1) is 0 Å². The van der Waals surface area contributed by atoms with Crippen LogP contribution in [0, 0.1) is 0 Å². The summed E-state index contributed by atoms with van der Waals surface area (Å²) in [6.45, 7) is 4.47. The van der Waals surface area contributed by atoms with Crippen molar-refractivity contribution < 1.29 is 0 Å². The molecule has 0 amide bonds. The van der Waals surface area contributed by atoms with E-state index in [0.29, 0.717) is 5.92 Å². The molecule has 0 N–H and O–H groups in total. The lowest BCUT2D eigenvalue weighted by atomic mass is 9.98. The summed E-state index contributed by atoms with van der Waals surface area (Å²) in [4.78, 5) is 0. The molecule has 0 radical (unpaired) electrons. The van der Waals surface area contributed by atoms with Crippen LogP contribution in [-0.4, -0.2) is 9.78 Å². The Morgan fingerprint density at radius 3 is 2.87 bits per heavy atom. The number of benzene rings is 1. The Morgan fingerprint density at radius 2 is 2.20 bits per heavy atom. The van der Waals surface area contributed by atoms with Crippen LogP contribution in [0.5, 0.6) is 0 Å². The van der Waals surface area contributed by atoms with Gasteiger partial charge in [0.1, 0.15) is 0 Å². The third-order valence-electron chi connectivity index (χ3n) is 2.82. The van der Waals surface area contributed by atoms with E-state index in [9.17, 15) is 0 Å². The molecule has 1 aromatic heterocycles. The van der Waals surface area contributed by atoms with E-state index in [0.717, 1.165) is 5.69 Å². The highest BCUT2D eigenvalue weighted by molar-refractivity contribution is 5.36. The van der Waals surface area contributed by atoms with Crippen LogP contribution in [0.3, 0.4) is 0 Å². The smallest absolute Gasteiger partial charge is 0.0648 e. The fourth-order valence-electron chi connectivity index (χ4n) is 1.63. The van der Waals surface area contributed by atoms with Crippen molar-refractivity contribution in [3.63, 3.8) is 0 Å². The lowest BCUT2D eigenvalue weighted by Gasteiger charge is -2.10. The molecular formula is C13H16N2. The summed E-state index contributed by atoms with van der Waals surface area (Å²) in [5, 5.41) is 4.23. The van der Waals surface area contributed by atoms with Gasteiger partial charge in [0.15, 0.2) is 0 Å². The largest absolute Gasteiger partial charge is 0.241 e. The van der Waals surface area contributed by atoms with E-state index in [4.69, 9.17) is 0 Å². The van der Waals surface area contributed by atoms with Crippen molar-refractivity contribution in [2.75, 3.05) is 0 Å². The Balaban J connectivity index is 2.35. The third-order valence-corrected chi connectivity index (χ3v) is 2.82. The zero-order valence-electron chi connectivity index (χ0n) is 9.22. The first kappa shape index (κ1) is 9.97. The Bertz CT molecular complexity index is 418. The number of aromatic nitrogens is 2. The summed E-state index contributed by atoms with van der Waals surface area (Å²) < 4.78 is 1.89. The van der Waals surface area contributed by atoms with Crippen LogP contribution in [0.15, 0.2) is 42.7 Å². The van der Waals surface area contributed by atoms with Crippen molar-refractivity contribution in [1.82, 2.24) is 9.78 Å². The maximum atomic E-state index is 4.23. The molecule has 0 fully saturated rings. The van der Waals surface area contributed by atoms with Gasteiger partial charge in [0.05, 0.1) is 5.69 Å². The van der Waals surface area contributed by atoms with Crippen LogP contribution in [0.4, 0.5) is 0 Å². The standard InChI is InChI=1S/C13H16N2/c1-3-11(2)12-6-4-7-13(10-12)15-9-5-8-14-15/h4-11H,3H2,1-2H3. The van der Waals surface area contributed by atoms with Crippen LogP contribution in [0.1, 0.15) is 31.7 Å². The van der Waals surface area contributed by atoms with Gasteiger partial charge in [-0.25, -0.2) is 4.68 Å². The molecule has 0 aliphatic rings. The van der Waals surface area contributed by atoms with Gasteiger partial charge in [-0.05, 0) is 36.1 Å². The van der Waals surface area contributed by atoms with Crippen LogP contribution in [0.25, 0.3) is 5.69 Å². The minimum atomic E-state index is 0.612. The van der Waals surface area contributed by atoms with Crippen molar-refractivity contribution in [2.24, 2.45) is 0 Å². The first-order valence-electron chi connectivity index (χ1n) is 5.41. The highest BCUT2D eigenvalue weighted by atomic mass is 15.3. The second-order valence-electron chi connectivity index (χ2n) is 3.85. The topological polar surface area (TPSA) is 17.8 Å². The minimum Gasteiger partial charge on any atom is -0.241 e. The molecular weight excluding hydrogens is 184 g/mol. The highest BCUT2D eigenvalue weighted by Gasteiger charge is 2.04. The van der Waals surface area contributed by atoms with E-state index in [1.807, 2.05) is 16.9 Å². The summed E-state index contributed by atoms with van der Waals surface area (Å²) in [5.74, 6) is 0.612. The molecule has 0 bridgehead atoms. The molecule has 0 aliphatic carbocycles. The maximum absolute atomic E-state index is 4.23. The molecule has 0 aliphatic heterocycles.